The average molecular weight is 217 g/mol. The fourth-order valence-corrected chi connectivity index (χ4v) is 1.75. The number of benzene rings is 1. The number of amides is 2. The number of nitrogens with zero attached hydrogens (tertiary/aromatic N) is 2. The van der Waals surface area contributed by atoms with E-state index in [9.17, 15) is 4.79 Å². The van der Waals surface area contributed by atoms with Gasteiger partial charge >= 0.3 is 6.03 Å². The third kappa shape index (κ3) is 1.65. The molecule has 0 bridgehead atoms. The molecule has 82 valence electrons. The van der Waals surface area contributed by atoms with E-state index in [-0.39, 0.29) is 12.1 Å². The van der Waals surface area contributed by atoms with Crippen molar-refractivity contribution < 1.29 is 9.53 Å². The number of hydrogen-bond acceptors (Lipinski definition) is 3. The molecule has 1 atom stereocenters. The molecule has 1 aromatic rings. The molecule has 1 aliphatic heterocycles. The highest BCUT2D eigenvalue weighted by atomic mass is 16.5. The number of nitrogens with one attached hydrogen (secondary N) is 1. The van der Waals surface area contributed by atoms with Gasteiger partial charge in [-0.3, -0.25) is 0 Å². The van der Waals surface area contributed by atoms with Crippen LogP contribution in [-0.4, -0.2) is 24.6 Å². The summed E-state index contributed by atoms with van der Waals surface area (Å²) < 4.78 is 5.21. The standard InChI is InChI=1S/C11H11N3O2/c1-16-10-5-3-2-4-8(10)9-6-14(7-12)11(15)13-9/h2-5,9H,6H2,1H3,(H,13,15). The van der Waals surface area contributed by atoms with Crippen molar-refractivity contribution >= 4 is 6.03 Å². The van der Waals surface area contributed by atoms with Crippen molar-refractivity contribution in [2.75, 3.05) is 13.7 Å². The Morgan fingerprint density at radius 1 is 1.56 bits per heavy atom. The maximum absolute atomic E-state index is 11.3. The molecule has 2 amide bonds. The fraction of sp³-hybridized carbons (Fsp3) is 0.273. The number of para-hydroxylation sites is 1. The van der Waals surface area contributed by atoms with Crippen molar-refractivity contribution in [1.82, 2.24) is 10.2 Å². The van der Waals surface area contributed by atoms with E-state index < -0.39 is 0 Å². The van der Waals surface area contributed by atoms with Crippen molar-refractivity contribution in [1.29, 1.82) is 5.26 Å². The minimum atomic E-state index is -0.363. The summed E-state index contributed by atoms with van der Waals surface area (Å²) >= 11 is 0. The minimum absolute atomic E-state index is 0.191. The van der Waals surface area contributed by atoms with E-state index in [0.717, 1.165) is 10.5 Å². The van der Waals surface area contributed by atoms with Crippen molar-refractivity contribution in [2.24, 2.45) is 0 Å². The van der Waals surface area contributed by atoms with Gasteiger partial charge in [-0.25, -0.2) is 9.69 Å². The number of urea groups is 1. The van der Waals surface area contributed by atoms with Crippen LogP contribution in [0.4, 0.5) is 4.79 Å². The molecular formula is C11H11N3O2. The SMILES string of the molecule is COc1ccccc1C1CN(C#N)C(=O)N1. The van der Waals surface area contributed by atoms with Gasteiger partial charge in [0.25, 0.3) is 0 Å². The molecule has 16 heavy (non-hydrogen) atoms. The van der Waals surface area contributed by atoms with E-state index in [1.54, 1.807) is 7.11 Å². The van der Waals surface area contributed by atoms with Gasteiger partial charge in [0.15, 0.2) is 6.19 Å². The number of nitriles is 1. The monoisotopic (exact) mass is 217 g/mol. The Morgan fingerprint density at radius 2 is 2.31 bits per heavy atom. The molecule has 5 heteroatoms. The molecule has 1 fully saturated rings. The van der Waals surface area contributed by atoms with Gasteiger partial charge < -0.3 is 10.1 Å². The normalized spacial score (nSPS) is 19.1. The lowest BCUT2D eigenvalue weighted by Gasteiger charge is -2.13. The van der Waals surface area contributed by atoms with Gasteiger partial charge in [-0.1, -0.05) is 18.2 Å². The highest BCUT2D eigenvalue weighted by Crippen LogP contribution is 2.27. The second-order valence-corrected chi connectivity index (χ2v) is 3.45. The molecule has 0 radical (unpaired) electrons. The zero-order valence-corrected chi connectivity index (χ0v) is 8.80. The second kappa shape index (κ2) is 4.11. The van der Waals surface area contributed by atoms with Gasteiger partial charge in [0.2, 0.25) is 0 Å². The van der Waals surface area contributed by atoms with Crippen LogP contribution < -0.4 is 10.1 Å². The van der Waals surface area contributed by atoms with Gasteiger partial charge in [0.1, 0.15) is 5.75 Å². The van der Waals surface area contributed by atoms with Gasteiger partial charge in [0, 0.05) is 5.56 Å². The molecule has 1 unspecified atom stereocenters. The fourth-order valence-electron chi connectivity index (χ4n) is 1.75. The van der Waals surface area contributed by atoms with Crippen LogP contribution in [0.3, 0.4) is 0 Å². The number of hydrogen-bond donors (Lipinski definition) is 1. The van der Waals surface area contributed by atoms with Crippen LogP contribution in [0.1, 0.15) is 11.6 Å². The first kappa shape index (κ1) is 10.3. The van der Waals surface area contributed by atoms with Crippen molar-refractivity contribution in [3.63, 3.8) is 0 Å². The van der Waals surface area contributed by atoms with Crippen LogP contribution in [-0.2, 0) is 0 Å². The largest absolute Gasteiger partial charge is 0.496 e. The predicted molar refractivity (Wildman–Crippen MR) is 56.6 cm³/mol. The average Bonchev–Trinajstić information content (AvgIpc) is 2.70. The molecule has 2 rings (SSSR count). The molecular weight excluding hydrogens is 206 g/mol. The zero-order valence-electron chi connectivity index (χ0n) is 8.80. The van der Waals surface area contributed by atoms with E-state index in [1.807, 2.05) is 30.5 Å². The Hall–Kier alpha value is -2.22. The third-order valence-corrected chi connectivity index (χ3v) is 2.54. The highest BCUT2D eigenvalue weighted by molar-refractivity contribution is 5.79. The van der Waals surface area contributed by atoms with Crippen molar-refractivity contribution in [3.05, 3.63) is 29.8 Å². The van der Waals surface area contributed by atoms with Gasteiger partial charge in [-0.05, 0) is 6.07 Å². The van der Waals surface area contributed by atoms with Crippen LogP contribution in [0.15, 0.2) is 24.3 Å². The van der Waals surface area contributed by atoms with Gasteiger partial charge in [-0.15, -0.1) is 0 Å². The first-order valence-electron chi connectivity index (χ1n) is 4.87. The Kier molecular flexibility index (Phi) is 2.64. The quantitative estimate of drug-likeness (QED) is 0.758. The summed E-state index contributed by atoms with van der Waals surface area (Å²) in [4.78, 5) is 12.4. The Morgan fingerprint density at radius 3 is 2.94 bits per heavy atom. The summed E-state index contributed by atoms with van der Waals surface area (Å²) in [6.07, 6.45) is 1.83. The van der Waals surface area contributed by atoms with Crippen LogP contribution in [0.25, 0.3) is 0 Å². The summed E-state index contributed by atoms with van der Waals surface area (Å²) in [6.45, 7) is 0.343. The third-order valence-electron chi connectivity index (χ3n) is 2.54. The number of carbonyl (C=O) groups excluding carboxylic acids is 1. The first-order chi connectivity index (χ1) is 7.76. The molecule has 1 N–H and O–H groups in total. The Balaban J connectivity index is 2.27. The van der Waals surface area contributed by atoms with Gasteiger partial charge in [0.05, 0.1) is 19.7 Å². The van der Waals surface area contributed by atoms with Crippen LogP contribution in [0, 0.1) is 11.5 Å². The lowest BCUT2D eigenvalue weighted by atomic mass is 10.1. The smallest absolute Gasteiger partial charge is 0.331 e. The highest BCUT2D eigenvalue weighted by Gasteiger charge is 2.31. The molecule has 0 spiro atoms. The zero-order chi connectivity index (χ0) is 11.5. The number of ether oxygens (including phenoxy) is 1. The van der Waals surface area contributed by atoms with E-state index in [1.165, 1.54) is 0 Å². The summed E-state index contributed by atoms with van der Waals surface area (Å²) in [5.41, 5.74) is 0.885. The maximum Gasteiger partial charge on any atom is 0.331 e. The van der Waals surface area contributed by atoms with Crippen LogP contribution in [0.2, 0.25) is 0 Å². The van der Waals surface area contributed by atoms with E-state index in [0.29, 0.717) is 12.3 Å². The van der Waals surface area contributed by atoms with Gasteiger partial charge in [-0.2, -0.15) is 5.26 Å². The van der Waals surface area contributed by atoms with E-state index in [2.05, 4.69) is 5.32 Å². The van der Waals surface area contributed by atoms with E-state index in [4.69, 9.17) is 10.00 Å². The Bertz CT molecular complexity index is 453. The molecule has 0 saturated carbocycles. The van der Waals surface area contributed by atoms with Crippen molar-refractivity contribution in [2.45, 2.75) is 6.04 Å². The van der Waals surface area contributed by atoms with Crippen LogP contribution >= 0.6 is 0 Å². The summed E-state index contributed by atoms with van der Waals surface area (Å²) in [6, 6.07) is 6.89. The number of rotatable bonds is 2. The lowest BCUT2D eigenvalue weighted by Crippen LogP contribution is -2.23. The van der Waals surface area contributed by atoms with Crippen LogP contribution in [0.5, 0.6) is 5.75 Å². The summed E-state index contributed by atoms with van der Waals surface area (Å²) in [5.74, 6) is 0.715. The number of carbonyl (C=O) groups is 1. The predicted octanol–water partition coefficient (Wildman–Crippen LogP) is 1.24. The molecule has 1 heterocycles. The van der Waals surface area contributed by atoms with Crippen molar-refractivity contribution in [3.8, 4) is 11.9 Å². The summed E-state index contributed by atoms with van der Waals surface area (Å²) in [7, 11) is 1.58. The first-order valence-corrected chi connectivity index (χ1v) is 4.87. The number of methoxy groups -OCH3 is 1. The second-order valence-electron chi connectivity index (χ2n) is 3.45. The lowest BCUT2D eigenvalue weighted by molar-refractivity contribution is 0.232. The minimum Gasteiger partial charge on any atom is -0.496 e. The summed E-state index contributed by atoms with van der Waals surface area (Å²) in [5, 5.41) is 11.4. The molecule has 1 saturated heterocycles. The molecule has 0 aliphatic carbocycles. The topological polar surface area (TPSA) is 65.4 Å². The Labute approximate surface area is 93.2 Å². The maximum atomic E-state index is 11.3. The molecule has 5 nitrogen and oxygen atoms in total. The molecule has 1 aromatic carbocycles. The molecule has 1 aliphatic rings. The molecule has 0 aromatic heterocycles. The van der Waals surface area contributed by atoms with E-state index >= 15 is 0 Å².